The molecule has 0 N–H and O–H groups in total. The van der Waals surface area contributed by atoms with E-state index in [4.69, 9.17) is 20.8 Å². The van der Waals surface area contributed by atoms with E-state index in [-0.39, 0.29) is 0 Å². The Kier molecular flexibility index (Phi) is 4.20. The average molecular weight is 382 g/mol. The quantitative estimate of drug-likeness (QED) is 0.494. The molecule has 0 spiro atoms. The highest BCUT2D eigenvalue weighted by Gasteiger charge is 2.14. The van der Waals surface area contributed by atoms with E-state index >= 15 is 0 Å². The normalized spacial score (nSPS) is 11.1. The second-order valence-electron chi connectivity index (χ2n) is 6.14. The fourth-order valence-corrected chi connectivity index (χ4v) is 3.21. The maximum absolute atomic E-state index is 12.6. The van der Waals surface area contributed by atoms with Gasteiger partial charge in [0.1, 0.15) is 23.0 Å². The average Bonchev–Trinajstić information content (AvgIpc) is 2.99. The van der Waals surface area contributed by atoms with Crippen molar-refractivity contribution < 1.29 is 9.15 Å². The Morgan fingerprint density at radius 1 is 1.11 bits per heavy atom. The number of rotatable bonds is 3. The van der Waals surface area contributed by atoms with Gasteiger partial charge in [-0.15, -0.1) is 0 Å². The van der Waals surface area contributed by atoms with Crippen molar-refractivity contribution in [2.45, 2.75) is 13.8 Å². The second kappa shape index (κ2) is 6.55. The highest BCUT2D eigenvalue weighted by molar-refractivity contribution is 6.32. The SMILES string of the molecule is COc1ccc2cc(-c3ccc(Cl)c(-n4nc(C)nc4C)c3)c(=O)oc2c1. The number of hydrogen-bond acceptors (Lipinski definition) is 5. The lowest BCUT2D eigenvalue weighted by Crippen LogP contribution is -2.05. The molecule has 0 aliphatic heterocycles. The number of ether oxygens (including phenoxy) is 1. The van der Waals surface area contributed by atoms with Crippen LogP contribution < -0.4 is 10.4 Å². The monoisotopic (exact) mass is 381 g/mol. The lowest BCUT2D eigenvalue weighted by molar-refractivity contribution is 0.414. The molecule has 0 aliphatic carbocycles. The molecule has 7 heteroatoms. The smallest absolute Gasteiger partial charge is 0.344 e. The van der Waals surface area contributed by atoms with Crippen LogP contribution in [0, 0.1) is 13.8 Å². The van der Waals surface area contributed by atoms with Crippen molar-refractivity contribution in [1.29, 1.82) is 0 Å². The molecule has 4 rings (SSSR count). The molecule has 0 saturated carbocycles. The van der Waals surface area contributed by atoms with Gasteiger partial charge in [-0.25, -0.2) is 14.5 Å². The Labute approximate surface area is 160 Å². The van der Waals surface area contributed by atoms with Gasteiger partial charge in [0.25, 0.3) is 0 Å². The molecular weight excluding hydrogens is 366 g/mol. The number of halogens is 1. The number of benzene rings is 2. The minimum Gasteiger partial charge on any atom is -0.497 e. The molecule has 27 heavy (non-hydrogen) atoms. The molecule has 0 unspecified atom stereocenters. The van der Waals surface area contributed by atoms with Crippen LogP contribution in [0.3, 0.4) is 0 Å². The Balaban J connectivity index is 1.89. The van der Waals surface area contributed by atoms with E-state index in [9.17, 15) is 4.79 Å². The van der Waals surface area contributed by atoms with Crippen LogP contribution in [-0.4, -0.2) is 21.9 Å². The van der Waals surface area contributed by atoms with E-state index < -0.39 is 5.63 Å². The summed E-state index contributed by atoms with van der Waals surface area (Å²) in [6.07, 6.45) is 0. The Bertz CT molecular complexity index is 1230. The zero-order valence-electron chi connectivity index (χ0n) is 15.0. The molecule has 2 aromatic carbocycles. The molecule has 6 nitrogen and oxygen atoms in total. The van der Waals surface area contributed by atoms with Crippen LogP contribution in [0.2, 0.25) is 5.02 Å². The van der Waals surface area contributed by atoms with Gasteiger partial charge in [-0.1, -0.05) is 17.7 Å². The number of fused-ring (bicyclic) bond motifs is 1. The molecule has 0 saturated heterocycles. The predicted octanol–water partition coefficient (Wildman–Crippen LogP) is 4.32. The summed E-state index contributed by atoms with van der Waals surface area (Å²) < 4.78 is 12.3. The minimum atomic E-state index is -0.435. The fraction of sp³-hybridized carbons (Fsp3) is 0.150. The molecule has 136 valence electrons. The van der Waals surface area contributed by atoms with Crippen molar-refractivity contribution in [2.75, 3.05) is 7.11 Å². The third kappa shape index (κ3) is 3.08. The standard InChI is InChI=1S/C20H16ClN3O3/c1-11-22-12(2)24(23-11)18-9-13(5-7-17(18)21)16-8-14-4-6-15(26-3)10-19(14)27-20(16)25/h4-10H,1-3H3. The van der Waals surface area contributed by atoms with Crippen LogP contribution in [0.5, 0.6) is 5.75 Å². The predicted molar refractivity (Wildman–Crippen MR) is 104 cm³/mol. The topological polar surface area (TPSA) is 70.2 Å². The summed E-state index contributed by atoms with van der Waals surface area (Å²) in [6, 6.07) is 12.5. The van der Waals surface area contributed by atoms with Crippen LogP contribution in [0.4, 0.5) is 0 Å². The maximum Gasteiger partial charge on any atom is 0.344 e. The highest BCUT2D eigenvalue weighted by atomic mass is 35.5. The lowest BCUT2D eigenvalue weighted by atomic mass is 10.1. The second-order valence-corrected chi connectivity index (χ2v) is 6.54. The van der Waals surface area contributed by atoms with Crippen LogP contribution >= 0.6 is 11.6 Å². The zero-order chi connectivity index (χ0) is 19.1. The van der Waals surface area contributed by atoms with Crippen molar-refractivity contribution in [1.82, 2.24) is 14.8 Å². The van der Waals surface area contributed by atoms with E-state index in [1.54, 1.807) is 36.1 Å². The van der Waals surface area contributed by atoms with E-state index in [0.29, 0.717) is 44.8 Å². The first kappa shape index (κ1) is 17.3. The van der Waals surface area contributed by atoms with Gasteiger partial charge in [-0.3, -0.25) is 0 Å². The van der Waals surface area contributed by atoms with Gasteiger partial charge in [0.15, 0.2) is 0 Å². The summed E-state index contributed by atoms with van der Waals surface area (Å²) in [5, 5.41) is 5.69. The summed E-state index contributed by atoms with van der Waals surface area (Å²) in [4.78, 5) is 16.9. The number of methoxy groups -OCH3 is 1. The molecule has 0 amide bonds. The van der Waals surface area contributed by atoms with Gasteiger partial charge in [-0.05, 0) is 49.7 Å². The first-order valence-corrected chi connectivity index (χ1v) is 8.66. The minimum absolute atomic E-state index is 0.435. The van der Waals surface area contributed by atoms with Gasteiger partial charge in [0.2, 0.25) is 0 Å². The third-order valence-corrected chi connectivity index (χ3v) is 4.62. The number of aromatic nitrogens is 3. The van der Waals surface area contributed by atoms with Gasteiger partial charge >= 0.3 is 5.63 Å². The first-order valence-electron chi connectivity index (χ1n) is 8.29. The zero-order valence-corrected chi connectivity index (χ0v) is 15.7. The van der Waals surface area contributed by atoms with E-state index in [0.717, 1.165) is 5.39 Å². The molecule has 0 atom stereocenters. The van der Waals surface area contributed by atoms with Gasteiger partial charge in [0.05, 0.1) is 23.4 Å². The Hall–Kier alpha value is -3.12. The van der Waals surface area contributed by atoms with Crippen LogP contribution in [0.25, 0.3) is 27.8 Å². The van der Waals surface area contributed by atoms with Crippen LogP contribution in [-0.2, 0) is 0 Å². The van der Waals surface area contributed by atoms with E-state index in [1.165, 1.54) is 0 Å². The van der Waals surface area contributed by atoms with Crippen molar-refractivity contribution in [2.24, 2.45) is 0 Å². The molecule has 4 aromatic rings. The molecular formula is C20H16ClN3O3. The van der Waals surface area contributed by atoms with Crippen LogP contribution in [0.15, 0.2) is 51.7 Å². The summed E-state index contributed by atoms with van der Waals surface area (Å²) in [5.41, 5.74) is 1.82. The van der Waals surface area contributed by atoms with E-state index in [2.05, 4.69) is 10.1 Å². The van der Waals surface area contributed by atoms with Gasteiger partial charge in [0, 0.05) is 11.5 Å². The highest BCUT2D eigenvalue weighted by Crippen LogP contribution is 2.29. The first-order chi connectivity index (χ1) is 13.0. The Morgan fingerprint density at radius 3 is 2.63 bits per heavy atom. The number of aryl methyl sites for hydroxylation is 2. The maximum atomic E-state index is 12.6. The van der Waals surface area contributed by atoms with Crippen molar-refractivity contribution in [3.8, 4) is 22.6 Å². The van der Waals surface area contributed by atoms with E-state index in [1.807, 2.05) is 32.0 Å². The summed E-state index contributed by atoms with van der Waals surface area (Å²) in [5.74, 6) is 1.99. The molecule has 0 bridgehead atoms. The van der Waals surface area contributed by atoms with Crippen molar-refractivity contribution >= 4 is 22.6 Å². The largest absolute Gasteiger partial charge is 0.497 e. The number of hydrogen-bond donors (Lipinski definition) is 0. The van der Waals surface area contributed by atoms with Crippen LogP contribution in [0.1, 0.15) is 11.6 Å². The van der Waals surface area contributed by atoms with Crippen molar-refractivity contribution in [3.05, 3.63) is 69.6 Å². The van der Waals surface area contributed by atoms with Crippen molar-refractivity contribution in [3.63, 3.8) is 0 Å². The third-order valence-electron chi connectivity index (χ3n) is 4.30. The molecule has 0 aliphatic rings. The molecule has 0 radical (unpaired) electrons. The molecule has 0 fully saturated rings. The number of nitrogens with zero attached hydrogens (tertiary/aromatic N) is 3. The van der Waals surface area contributed by atoms with Gasteiger partial charge in [-0.2, -0.15) is 5.10 Å². The lowest BCUT2D eigenvalue weighted by Gasteiger charge is -2.09. The fourth-order valence-electron chi connectivity index (χ4n) is 3.01. The molecule has 2 aromatic heterocycles. The Morgan fingerprint density at radius 2 is 1.93 bits per heavy atom. The summed E-state index contributed by atoms with van der Waals surface area (Å²) in [6.45, 7) is 3.66. The van der Waals surface area contributed by atoms with Gasteiger partial charge < -0.3 is 9.15 Å². The molecule has 2 heterocycles. The summed E-state index contributed by atoms with van der Waals surface area (Å²) in [7, 11) is 1.57. The summed E-state index contributed by atoms with van der Waals surface area (Å²) >= 11 is 6.36.